The monoisotopic (exact) mass is 334 g/mol. The van der Waals surface area contributed by atoms with Gasteiger partial charge in [-0.05, 0) is 31.9 Å². The molecule has 0 aliphatic heterocycles. The van der Waals surface area contributed by atoms with Gasteiger partial charge < -0.3 is 10.4 Å². The van der Waals surface area contributed by atoms with Crippen molar-refractivity contribution >= 4 is 17.5 Å². The Kier molecular flexibility index (Phi) is 4.37. The van der Waals surface area contributed by atoms with Crippen LogP contribution < -0.4 is 5.32 Å². The van der Waals surface area contributed by atoms with E-state index in [1.165, 1.54) is 0 Å². The third-order valence-corrected chi connectivity index (χ3v) is 4.62. The molecule has 23 heavy (non-hydrogen) atoms. The van der Waals surface area contributed by atoms with Crippen molar-refractivity contribution in [1.82, 2.24) is 20.3 Å². The average Bonchev–Trinajstić information content (AvgIpc) is 3.13. The van der Waals surface area contributed by atoms with E-state index in [2.05, 4.69) is 15.6 Å². The lowest BCUT2D eigenvalue weighted by atomic mass is 10.0. The van der Waals surface area contributed by atoms with Crippen molar-refractivity contribution in [3.8, 4) is 5.69 Å². The van der Waals surface area contributed by atoms with E-state index in [-0.39, 0.29) is 18.1 Å². The molecule has 1 amide bonds. The second-order valence-electron chi connectivity index (χ2n) is 6.00. The highest BCUT2D eigenvalue weighted by Gasteiger charge is 2.32. The molecule has 2 N–H and O–H groups in total. The first-order valence-electron chi connectivity index (χ1n) is 7.68. The summed E-state index contributed by atoms with van der Waals surface area (Å²) in [5.41, 5.74) is 0.732. The molecule has 0 bridgehead atoms. The Balaban J connectivity index is 1.76. The first-order valence-corrected chi connectivity index (χ1v) is 8.06. The van der Waals surface area contributed by atoms with Crippen molar-refractivity contribution < 1.29 is 9.90 Å². The molecule has 122 valence electrons. The van der Waals surface area contributed by atoms with Crippen LogP contribution in [0.15, 0.2) is 24.3 Å². The van der Waals surface area contributed by atoms with Crippen LogP contribution in [0.3, 0.4) is 0 Å². The molecular weight excluding hydrogens is 316 g/mol. The number of rotatable bonds is 4. The highest BCUT2D eigenvalue weighted by Crippen LogP contribution is 2.28. The summed E-state index contributed by atoms with van der Waals surface area (Å²) in [6.07, 6.45) is 3.43. The van der Waals surface area contributed by atoms with Crippen molar-refractivity contribution in [2.24, 2.45) is 0 Å². The molecule has 0 atom stereocenters. The molecule has 7 heteroatoms. The van der Waals surface area contributed by atoms with E-state index in [0.29, 0.717) is 16.4 Å². The molecule has 1 aliphatic carbocycles. The van der Waals surface area contributed by atoms with Gasteiger partial charge in [0.15, 0.2) is 5.69 Å². The summed E-state index contributed by atoms with van der Waals surface area (Å²) in [5, 5.41) is 21.6. The molecule has 0 saturated heterocycles. The van der Waals surface area contributed by atoms with E-state index in [0.717, 1.165) is 25.7 Å². The van der Waals surface area contributed by atoms with Crippen molar-refractivity contribution in [2.75, 3.05) is 6.54 Å². The topological polar surface area (TPSA) is 80.0 Å². The maximum atomic E-state index is 12.3. The number of carbonyl (C=O) groups is 1. The van der Waals surface area contributed by atoms with Gasteiger partial charge in [-0.25, -0.2) is 4.68 Å². The Bertz CT molecular complexity index is 723. The predicted octanol–water partition coefficient (Wildman–Crippen LogP) is 2.26. The molecular formula is C16H19ClN4O2. The molecule has 3 rings (SSSR count). The SMILES string of the molecule is Cc1c(C(=O)NCC2(O)CCCC2)nnn1-c1ccccc1Cl. The molecule has 6 nitrogen and oxygen atoms in total. The second kappa shape index (κ2) is 6.29. The van der Waals surface area contributed by atoms with Crippen LogP contribution in [0.5, 0.6) is 0 Å². The third kappa shape index (κ3) is 3.23. The Morgan fingerprint density at radius 3 is 2.78 bits per heavy atom. The zero-order valence-corrected chi connectivity index (χ0v) is 13.7. The fraction of sp³-hybridized carbons (Fsp3) is 0.438. The van der Waals surface area contributed by atoms with Crippen molar-refractivity contribution in [2.45, 2.75) is 38.2 Å². The first-order chi connectivity index (χ1) is 11.0. The van der Waals surface area contributed by atoms with Crippen molar-refractivity contribution in [3.63, 3.8) is 0 Å². The summed E-state index contributed by atoms with van der Waals surface area (Å²) in [6, 6.07) is 7.24. The van der Waals surface area contributed by atoms with Gasteiger partial charge >= 0.3 is 0 Å². The number of nitrogens with zero attached hydrogens (tertiary/aromatic N) is 3. The number of carbonyl (C=O) groups excluding carboxylic acids is 1. The number of amides is 1. The van der Waals surface area contributed by atoms with E-state index >= 15 is 0 Å². The maximum absolute atomic E-state index is 12.3. The number of para-hydroxylation sites is 1. The molecule has 0 unspecified atom stereocenters. The number of hydrogen-bond acceptors (Lipinski definition) is 4. The second-order valence-corrected chi connectivity index (χ2v) is 6.41. The zero-order valence-electron chi connectivity index (χ0n) is 12.9. The smallest absolute Gasteiger partial charge is 0.273 e. The van der Waals surface area contributed by atoms with Gasteiger partial charge in [-0.15, -0.1) is 5.10 Å². The van der Waals surface area contributed by atoms with E-state index in [4.69, 9.17) is 11.6 Å². The Hall–Kier alpha value is -1.92. The number of hydrogen-bond donors (Lipinski definition) is 2. The lowest BCUT2D eigenvalue weighted by Crippen LogP contribution is -2.41. The summed E-state index contributed by atoms with van der Waals surface area (Å²) >= 11 is 6.16. The van der Waals surface area contributed by atoms with Gasteiger partial charge in [0.05, 0.1) is 22.0 Å². The first kappa shape index (κ1) is 16.0. The van der Waals surface area contributed by atoms with Gasteiger partial charge in [-0.2, -0.15) is 0 Å². The van der Waals surface area contributed by atoms with Crippen LogP contribution in [-0.2, 0) is 0 Å². The van der Waals surface area contributed by atoms with Crippen molar-refractivity contribution in [3.05, 3.63) is 40.7 Å². The van der Waals surface area contributed by atoms with Gasteiger partial charge in [0.1, 0.15) is 0 Å². The van der Waals surface area contributed by atoms with E-state index < -0.39 is 5.60 Å². The Morgan fingerprint density at radius 2 is 2.09 bits per heavy atom. The summed E-state index contributed by atoms with van der Waals surface area (Å²) < 4.78 is 1.54. The minimum absolute atomic E-state index is 0.240. The molecule has 1 saturated carbocycles. The predicted molar refractivity (Wildman–Crippen MR) is 86.9 cm³/mol. The fourth-order valence-corrected chi connectivity index (χ4v) is 3.15. The minimum atomic E-state index is -0.789. The summed E-state index contributed by atoms with van der Waals surface area (Å²) in [4.78, 5) is 12.3. The molecule has 1 fully saturated rings. The van der Waals surface area contributed by atoms with E-state index in [9.17, 15) is 9.90 Å². The maximum Gasteiger partial charge on any atom is 0.273 e. The van der Waals surface area contributed by atoms with E-state index in [1.807, 2.05) is 18.2 Å². The molecule has 1 aromatic carbocycles. The molecule has 0 spiro atoms. The van der Waals surface area contributed by atoms with Crippen LogP contribution in [0.25, 0.3) is 5.69 Å². The molecule has 0 radical (unpaired) electrons. The highest BCUT2D eigenvalue weighted by molar-refractivity contribution is 6.32. The summed E-state index contributed by atoms with van der Waals surface area (Å²) in [7, 11) is 0. The van der Waals surface area contributed by atoms with E-state index in [1.54, 1.807) is 17.7 Å². The largest absolute Gasteiger partial charge is 0.388 e. The van der Waals surface area contributed by atoms with Crippen LogP contribution in [0, 0.1) is 6.92 Å². The average molecular weight is 335 g/mol. The molecule has 2 aromatic rings. The number of benzene rings is 1. The van der Waals surface area contributed by atoms with Gasteiger partial charge in [-0.1, -0.05) is 41.8 Å². The van der Waals surface area contributed by atoms with Crippen molar-refractivity contribution in [1.29, 1.82) is 0 Å². The number of aliphatic hydroxyl groups is 1. The standard InChI is InChI=1S/C16H19ClN4O2/c1-11-14(15(22)18-10-16(23)8-4-5-9-16)19-20-21(11)13-7-3-2-6-12(13)17/h2-3,6-7,23H,4-5,8-10H2,1H3,(H,18,22). The quantitative estimate of drug-likeness (QED) is 0.898. The summed E-state index contributed by atoms with van der Waals surface area (Å²) in [5.74, 6) is -0.332. The fourth-order valence-electron chi connectivity index (χ4n) is 2.93. The number of nitrogens with one attached hydrogen (secondary N) is 1. The number of aromatic nitrogens is 3. The van der Waals surface area contributed by atoms with Crippen LogP contribution in [-0.4, -0.2) is 38.2 Å². The summed E-state index contributed by atoms with van der Waals surface area (Å²) in [6.45, 7) is 2.01. The number of halogens is 1. The zero-order chi connectivity index (χ0) is 16.4. The van der Waals surface area contributed by atoms with Gasteiger partial charge in [-0.3, -0.25) is 4.79 Å². The van der Waals surface area contributed by atoms with Gasteiger partial charge in [0, 0.05) is 6.54 Å². The van der Waals surface area contributed by atoms with Crippen LogP contribution in [0.2, 0.25) is 5.02 Å². The van der Waals surface area contributed by atoms with Gasteiger partial charge in [0.2, 0.25) is 0 Å². The highest BCUT2D eigenvalue weighted by atomic mass is 35.5. The normalized spacial score (nSPS) is 16.5. The molecule has 1 aliphatic rings. The molecule has 1 heterocycles. The molecule has 1 aromatic heterocycles. The van der Waals surface area contributed by atoms with Crippen LogP contribution in [0.1, 0.15) is 41.9 Å². The van der Waals surface area contributed by atoms with Crippen LogP contribution >= 0.6 is 11.6 Å². The Morgan fingerprint density at radius 1 is 1.39 bits per heavy atom. The minimum Gasteiger partial charge on any atom is -0.388 e. The Labute approximate surface area is 139 Å². The van der Waals surface area contributed by atoms with Gasteiger partial charge in [0.25, 0.3) is 5.91 Å². The lowest BCUT2D eigenvalue weighted by Gasteiger charge is -2.21. The lowest BCUT2D eigenvalue weighted by molar-refractivity contribution is 0.0448. The van der Waals surface area contributed by atoms with Crippen LogP contribution in [0.4, 0.5) is 0 Å². The third-order valence-electron chi connectivity index (χ3n) is 4.30.